The zero-order valence-corrected chi connectivity index (χ0v) is 12.6. The lowest BCUT2D eigenvalue weighted by Gasteiger charge is -2.46. The summed E-state index contributed by atoms with van der Waals surface area (Å²) >= 11 is 0. The average molecular weight is 353 g/mol. The van der Waals surface area contributed by atoms with Crippen molar-refractivity contribution < 1.29 is 31.4 Å². The van der Waals surface area contributed by atoms with Crippen LogP contribution in [-0.2, 0) is 18.0 Å². The summed E-state index contributed by atoms with van der Waals surface area (Å²) in [6.45, 7) is 0. The van der Waals surface area contributed by atoms with Crippen molar-refractivity contribution in [3.63, 3.8) is 0 Å². The minimum Gasteiger partial charge on any atom is -0.385 e. The molecule has 0 saturated carbocycles. The van der Waals surface area contributed by atoms with Gasteiger partial charge in [0.2, 0.25) is 0 Å². The minimum atomic E-state index is -4.97. The van der Waals surface area contributed by atoms with Gasteiger partial charge in [0.05, 0.1) is 16.7 Å². The van der Waals surface area contributed by atoms with Gasteiger partial charge in [0.15, 0.2) is 0 Å². The predicted molar refractivity (Wildman–Crippen MR) is 74.1 cm³/mol. The van der Waals surface area contributed by atoms with Crippen molar-refractivity contribution in [3.05, 3.63) is 34.9 Å². The predicted octanol–water partition coefficient (Wildman–Crippen LogP) is 4.22. The van der Waals surface area contributed by atoms with Crippen LogP contribution < -0.4 is 5.32 Å². The maximum Gasteiger partial charge on any atom is 0.416 e. The Bertz CT molecular complexity index is 580. The highest BCUT2D eigenvalue weighted by atomic mass is 19.4. The molecule has 0 spiro atoms. The molecular formula is C16H17F6NO. The fourth-order valence-corrected chi connectivity index (χ4v) is 4.06. The second-order valence-corrected chi connectivity index (χ2v) is 6.65. The standard InChI is InChI=1S/C16H17F6NO/c17-15(18,19)11-5-2-6-12(16(20,21)22)13(11)14(24)7-9-3-1-4-10(8-14)23-9/h2,5-6,9-10,23-24H,1,3-4,7-8H2. The zero-order valence-electron chi connectivity index (χ0n) is 12.6. The van der Waals surface area contributed by atoms with Gasteiger partial charge in [-0.2, -0.15) is 26.3 Å². The summed E-state index contributed by atoms with van der Waals surface area (Å²) in [4.78, 5) is 0. The van der Waals surface area contributed by atoms with E-state index in [4.69, 9.17) is 0 Å². The molecule has 2 atom stereocenters. The molecule has 2 nitrogen and oxygen atoms in total. The molecule has 2 saturated heterocycles. The van der Waals surface area contributed by atoms with E-state index in [1.54, 1.807) is 0 Å². The van der Waals surface area contributed by atoms with Gasteiger partial charge in [0, 0.05) is 17.6 Å². The molecule has 2 N–H and O–H groups in total. The van der Waals surface area contributed by atoms with E-state index in [2.05, 4.69) is 5.32 Å². The Kier molecular flexibility index (Phi) is 4.11. The van der Waals surface area contributed by atoms with Gasteiger partial charge in [-0.15, -0.1) is 0 Å². The summed E-state index contributed by atoms with van der Waals surface area (Å²) < 4.78 is 80.0. The molecule has 0 aromatic heterocycles. The smallest absolute Gasteiger partial charge is 0.385 e. The van der Waals surface area contributed by atoms with E-state index in [0.717, 1.165) is 12.5 Å². The van der Waals surface area contributed by atoms with Crippen molar-refractivity contribution in [1.29, 1.82) is 0 Å². The highest BCUT2D eigenvalue weighted by Gasteiger charge is 2.50. The van der Waals surface area contributed by atoms with Crippen LogP contribution in [0.2, 0.25) is 0 Å². The molecule has 134 valence electrons. The van der Waals surface area contributed by atoms with Crippen LogP contribution in [-0.4, -0.2) is 17.2 Å². The van der Waals surface area contributed by atoms with Crippen LogP contribution in [0.15, 0.2) is 18.2 Å². The molecule has 24 heavy (non-hydrogen) atoms. The summed E-state index contributed by atoms with van der Waals surface area (Å²) in [5.74, 6) is 0. The molecule has 2 bridgehead atoms. The molecule has 2 heterocycles. The Morgan fingerprint density at radius 2 is 1.38 bits per heavy atom. The van der Waals surface area contributed by atoms with Crippen LogP contribution in [0.25, 0.3) is 0 Å². The molecule has 0 amide bonds. The quantitative estimate of drug-likeness (QED) is 0.741. The van der Waals surface area contributed by atoms with Gasteiger partial charge in [-0.05, 0) is 37.8 Å². The van der Waals surface area contributed by atoms with E-state index in [1.165, 1.54) is 0 Å². The average Bonchev–Trinajstić information content (AvgIpc) is 2.44. The fourth-order valence-electron chi connectivity index (χ4n) is 4.06. The van der Waals surface area contributed by atoms with Crippen molar-refractivity contribution in [2.24, 2.45) is 0 Å². The number of hydrogen-bond donors (Lipinski definition) is 2. The Labute approximate surface area is 134 Å². The number of piperidine rings is 2. The third-order valence-electron chi connectivity index (χ3n) is 4.89. The van der Waals surface area contributed by atoms with Crippen molar-refractivity contribution in [1.82, 2.24) is 5.32 Å². The van der Waals surface area contributed by atoms with Gasteiger partial charge in [-0.25, -0.2) is 0 Å². The first-order valence-corrected chi connectivity index (χ1v) is 7.77. The van der Waals surface area contributed by atoms with Crippen LogP contribution in [0.1, 0.15) is 48.8 Å². The summed E-state index contributed by atoms with van der Waals surface area (Å²) in [6, 6.07) is 1.41. The highest BCUT2D eigenvalue weighted by Crippen LogP contribution is 2.49. The summed E-state index contributed by atoms with van der Waals surface area (Å²) in [6.07, 6.45) is -8.12. The highest BCUT2D eigenvalue weighted by molar-refractivity contribution is 5.44. The lowest BCUT2D eigenvalue weighted by atomic mass is 9.71. The van der Waals surface area contributed by atoms with Gasteiger partial charge in [0.1, 0.15) is 0 Å². The van der Waals surface area contributed by atoms with E-state index in [-0.39, 0.29) is 24.9 Å². The molecule has 3 rings (SSSR count). The van der Waals surface area contributed by atoms with E-state index in [9.17, 15) is 31.4 Å². The van der Waals surface area contributed by atoms with Gasteiger partial charge < -0.3 is 10.4 Å². The van der Waals surface area contributed by atoms with Crippen LogP contribution in [0.3, 0.4) is 0 Å². The lowest BCUT2D eigenvalue weighted by molar-refractivity contribution is -0.151. The number of benzene rings is 1. The summed E-state index contributed by atoms with van der Waals surface area (Å²) in [5, 5.41) is 14.1. The Morgan fingerprint density at radius 3 is 1.79 bits per heavy atom. The zero-order chi connectivity index (χ0) is 17.8. The van der Waals surface area contributed by atoms with Crippen molar-refractivity contribution >= 4 is 0 Å². The molecular weight excluding hydrogens is 336 g/mol. The van der Waals surface area contributed by atoms with Crippen LogP contribution in [0, 0.1) is 0 Å². The Hall–Kier alpha value is -1.28. The summed E-state index contributed by atoms with van der Waals surface area (Å²) in [7, 11) is 0. The number of halogens is 6. The molecule has 1 aromatic rings. The molecule has 2 unspecified atom stereocenters. The normalized spacial score (nSPS) is 31.1. The number of hydrogen-bond acceptors (Lipinski definition) is 2. The number of nitrogens with one attached hydrogen (secondary N) is 1. The van der Waals surface area contributed by atoms with Gasteiger partial charge in [-0.1, -0.05) is 12.5 Å². The summed E-state index contributed by atoms with van der Waals surface area (Å²) in [5.41, 5.74) is -5.97. The lowest BCUT2D eigenvalue weighted by Crippen LogP contribution is -2.55. The van der Waals surface area contributed by atoms with Crippen LogP contribution in [0.5, 0.6) is 0 Å². The molecule has 2 aliphatic rings. The maximum absolute atomic E-state index is 13.3. The fraction of sp³-hybridized carbons (Fsp3) is 0.625. The number of rotatable bonds is 1. The largest absolute Gasteiger partial charge is 0.416 e. The first-order valence-electron chi connectivity index (χ1n) is 7.77. The molecule has 0 aliphatic carbocycles. The third kappa shape index (κ3) is 3.13. The SMILES string of the molecule is OC1(c2c(C(F)(F)F)cccc2C(F)(F)F)CC2CCCC(C1)N2. The van der Waals surface area contributed by atoms with E-state index in [1.807, 2.05) is 0 Å². The van der Waals surface area contributed by atoms with Crippen molar-refractivity contribution in [3.8, 4) is 0 Å². The van der Waals surface area contributed by atoms with E-state index >= 15 is 0 Å². The van der Waals surface area contributed by atoms with Crippen LogP contribution >= 0.6 is 0 Å². The second-order valence-electron chi connectivity index (χ2n) is 6.65. The third-order valence-corrected chi connectivity index (χ3v) is 4.89. The van der Waals surface area contributed by atoms with Gasteiger partial charge >= 0.3 is 12.4 Å². The number of fused-ring (bicyclic) bond motifs is 2. The second kappa shape index (κ2) is 5.62. The molecule has 0 radical (unpaired) electrons. The van der Waals surface area contributed by atoms with Crippen LogP contribution in [0.4, 0.5) is 26.3 Å². The van der Waals surface area contributed by atoms with Gasteiger partial charge in [0.25, 0.3) is 0 Å². The van der Waals surface area contributed by atoms with E-state index in [0.29, 0.717) is 25.0 Å². The van der Waals surface area contributed by atoms with E-state index < -0.39 is 34.6 Å². The monoisotopic (exact) mass is 353 g/mol. The minimum absolute atomic E-state index is 0.153. The Balaban J connectivity index is 2.17. The van der Waals surface area contributed by atoms with Crippen molar-refractivity contribution in [2.75, 3.05) is 0 Å². The molecule has 1 aromatic carbocycles. The molecule has 2 fully saturated rings. The molecule has 2 aliphatic heterocycles. The topological polar surface area (TPSA) is 32.3 Å². The number of aliphatic hydroxyl groups is 1. The van der Waals surface area contributed by atoms with Gasteiger partial charge in [-0.3, -0.25) is 0 Å². The van der Waals surface area contributed by atoms with Crippen molar-refractivity contribution in [2.45, 2.75) is 62.1 Å². The maximum atomic E-state index is 13.3. The first-order chi connectivity index (χ1) is 11.0. The first kappa shape index (κ1) is 17.5. The Morgan fingerprint density at radius 1 is 0.917 bits per heavy atom. The number of alkyl halides is 6. The molecule has 8 heteroatoms.